The lowest BCUT2D eigenvalue weighted by Gasteiger charge is -2.32. The molecule has 2 nitrogen and oxygen atoms in total. The molecule has 0 aromatic carbocycles. The Balaban J connectivity index is 2.29. The third-order valence-corrected chi connectivity index (χ3v) is 3.63. The average molecular weight is 233 g/mol. The molecule has 0 saturated carbocycles. The molecule has 12 heavy (non-hydrogen) atoms. The van der Waals surface area contributed by atoms with Crippen LogP contribution in [0.1, 0.15) is 26.2 Å². The van der Waals surface area contributed by atoms with Crippen LogP contribution in [0.15, 0.2) is 10.1 Å². The van der Waals surface area contributed by atoms with Crippen molar-refractivity contribution in [2.75, 3.05) is 13.2 Å². The molecule has 0 N–H and O–H groups in total. The molecule has 0 atom stereocenters. The Hall–Kier alpha value is 0.140. The Morgan fingerprint density at radius 1 is 1.33 bits per heavy atom. The van der Waals surface area contributed by atoms with Crippen molar-refractivity contribution in [3.05, 3.63) is 10.1 Å². The highest BCUT2D eigenvalue weighted by atomic mass is 79.9. The second-order valence-electron chi connectivity index (χ2n) is 3.33. The van der Waals surface area contributed by atoms with E-state index in [9.17, 15) is 0 Å². The summed E-state index contributed by atoms with van der Waals surface area (Å²) in [6, 6.07) is 0. The van der Waals surface area contributed by atoms with Gasteiger partial charge in [-0.05, 0) is 29.8 Å². The molecule has 1 aliphatic carbocycles. The van der Waals surface area contributed by atoms with Gasteiger partial charge in [-0.15, -0.1) is 0 Å². The molecule has 1 heterocycles. The fourth-order valence-electron chi connectivity index (χ4n) is 1.87. The molecule has 2 rings (SSSR count). The lowest BCUT2D eigenvalue weighted by Crippen LogP contribution is -2.34. The van der Waals surface area contributed by atoms with Gasteiger partial charge in [-0.25, -0.2) is 0 Å². The van der Waals surface area contributed by atoms with Gasteiger partial charge in [-0.1, -0.05) is 15.9 Å². The molecule has 1 aliphatic heterocycles. The first-order chi connectivity index (χ1) is 5.75. The summed E-state index contributed by atoms with van der Waals surface area (Å²) in [5, 5.41) is 0. The second-order valence-corrected chi connectivity index (χ2v) is 4.29. The summed E-state index contributed by atoms with van der Waals surface area (Å²) in [7, 11) is 0. The minimum atomic E-state index is -0.364. The Kier molecular flexibility index (Phi) is 2.27. The van der Waals surface area contributed by atoms with Crippen LogP contribution < -0.4 is 0 Å². The zero-order chi connectivity index (χ0) is 8.60. The number of hydrogen-bond acceptors (Lipinski definition) is 2. The molecular formula is C9H13BrO2. The zero-order valence-electron chi connectivity index (χ0n) is 7.23. The van der Waals surface area contributed by atoms with Crippen LogP contribution in [-0.2, 0) is 9.47 Å². The summed E-state index contributed by atoms with van der Waals surface area (Å²) in [6.45, 7) is 3.56. The van der Waals surface area contributed by atoms with E-state index in [2.05, 4.69) is 22.9 Å². The summed E-state index contributed by atoms with van der Waals surface area (Å²) in [6.07, 6.45) is 3.28. The van der Waals surface area contributed by atoms with E-state index in [0.29, 0.717) is 0 Å². The van der Waals surface area contributed by atoms with E-state index in [1.807, 2.05) is 0 Å². The van der Waals surface area contributed by atoms with Crippen LogP contribution in [0.2, 0.25) is 0 Å². The Morgan fingerprint density at radius 3 is 2.67 bits per heavy atom. The van der Waals surface area contributed by atoms with Crippen molar-refractivity contribution in [2.24, 2.45) is 0 Å². The van der Waals surface area contributed by atoms with Gasteiger partial charge in [0.25, 0.3) is 0 Å². The van der Waals surface area contributed by atoms with E-state index >= 15 is 0 Å². The first-order valence-electron chi connectivity index (χ1n) is 4.38. The van der Waals surface area contributed by atoms with Crippen molar-refractivity contribution in [3.63, 3.8) is 0 Å². The number of hydrogen-bond donors (Lipinski definition) is 0. The third kappa shape index (κ3) is 1.24. The lowest BCUT2D eigenvalue weighted by atomic mass is 9.94. The summed E-state index contributed by atoms with van der Waals surface area (Å²) in [5.74, 6) is -0.364. The zero-order valence-corrected chi connectivity index (χ0v) is 8.82. The van der Waals surface area contributed by atoms with Crippen molar-refractivity contribution < 1.29 is 9.47 Å². The van der Waals surface area contributed by atoms with E-state index in [1.54, 1.807) is 0 Å². The summed E-state index contributed by atoms with van der Waals surface area (Å²) < 4.78 is 12.6. The van der Waals surface area contributed by atoms with Crippen LogP contribution in [0, 0.1) is 0 Å². The van der Waals surface area contributed by atoms with E-state index < -0.39 is 0 Å². The minimum absolute atomic E-state index is 0.364. The van der Waals surface area contributed by atoms with E-state index in [1.165, 1.54) is 10.1 Å². The summed E-state index contributed by atoms with van der Waals surface area (Å²) >= 11 is 3.56. The quantitative estimate of drug-likeness (QED) is 0.640. The first kappa shape index (κ1) is 8.73. The predicted octanol–water partition coefficient (Wildman–Crippen LogP) is 2.58. The van der Waals surface area contributed by atoms with Gasteiger partial charge < -0.3 is 9.47 Å². The van der Waals surface area contributed by atoms with Gasteiger partial charge in [-0.2, -0.15) is 0 Å². The predicted molar refractivity (Wildman–Crippen MR) is 50.1 cm³/mol. The maximum atomic E-state index is 5.65. The molecule has 0 radical (unpaired) electrons. The standard InChI is InChI=1S/C9H13BrO2/c1-7-8(10)3-2-4-9(7)11-5-6-12-9/h2-6H2,1H3. The Morgan fingerprint density at radius 2 is 2.00 bits per heavy atom. The van der Waals surface area contributed by atoms with Crippen molar-refractivity contribution in [1.29, 1.82) is 0 Å². The molecule has 68 valence electrons. The van der Waals surface area contributed by atoms with Gasteiger partial charge in [0, 0.05) is 6.42 Å². The molecular weight excluding hydrogens is 220 g/mol. The van der Waals surface area contributed by atoms with Gasteiger partial charge in [0.1, 0.15) is 0 Å². The van der Waals surface area contributed by atoms with Crippen molar-refractivity contribution in [1.82, 2.24) is 0 Å². The Bertz CT molecular complexity index is 217. The van der Waals surface area contributed by atoms with Gasteiger partial charge in [-0.3, -0.25) is 0 Å². The molecule has 1 spiro atoms. The molecule has 0 amide bonds. The van der Waals surface area contributed by atoms with Crippen LogP contribution in [0.4, 0.5) is 0 Å². The highest BCUT2D eigenvalue weighted by molar-refractivity contribution is 9.11. The number of ether oxygens (including phenoxy) is 2. The second kappa shape index (κ2) is 3.13. The van der Waals surface area contributed by atoms with Gasteiger partial charge in [0.05, 0.1) is 13.2 Å². The Labute approximate surface area is 81.1 Å². The molecule has 0 aromatic rings. The van der Waals surface area contributed by atoms with Crippen LogP contribution >= 0.6 is 15.9 Å². The lowest BCUT2D eigenvalue weighted by molar-refractivity contribution is -0.134. The molecule has 1 saturated heterocycles. The van der Waals surface area contributed by atoms with Crippen LogP contribution in [-0.4, -0.2) is 19.0 Å². The summed E-state index contributed by atoms with van der Waals surface area (Å²) in [5.41, 5.74) is 1.23. The van der Waals surface area contributed by atoms with E-state index in [0.717, 1.165) is 32.5 Å². The number of halogens is 1. The fraction of sp³-hybridized carbons (Fsp3) is 0.778. The fourth-order valence-corrected chi connectivity index (χ4v) is 2.46. The monoisotopic (exact) mass is 232 g/mol. The van der Waals surface area contributed by atoms with Crippen LogP contribution in [0.25, 0.3) is 0 Å². The highest BCUT2D eigenvalue weighted by Gasteiger charge is 2.41. The molecule has 3 heteroatoms. The average Bonchev–Trinajstić information content (AvgIpc) is 2.50. The summed E-state index contributed by atoms with van der Waals surface area (Å²) in [4.78, 5) is 0. The van der Waals surface area contributed by atoms with E-state index in [-0.39, 0.29) is 5.79 Å². The SMILES string of the molecule is CC1=C(Br)CCCC12OCCO2. The molecule has 1 fully saturated rings. The topological polar surface area (TPSA) is 18.5 Å². The normalized spacial score (nSPS) is 28.5. The molecule has 2 aliphatic rings. The largest absolute Gasteiger partial charge is 0.344 e. The van der Waals surface area contributed by atoms with Gasteiger partial charge >= 0.3 is 0 Å². The number of rotatable bonds is 0. The maximum Gasteiger partial charge on any atom is 0.191 e. The third-order valence-electron chi connectivity index (χ3n) is 2.63. The molecule has 0 bridgehead atoms. The number of allylic oxidation sites excluding steroid dienone is 1. The highest BCUT2D eigenvalue weighted by Crippen LogP contribution is 2.41. The van der Waals surface area contributed by atoms with Crippen LogP contribution in [0.5, 0.6) is 0 Å². The van der Waals surface area contributed by atoms with Gasteiger partial charge in [0.2, 0.25) is 0 Å². The smallest absolute Gasteiger partial charge is 0.191 e. The van der Waals surface area contributed by atoms with Gasteiger partial charge in [0.15, 0.2) is 5.79 Å². The van der Waals surface area contributed by atoms with Crippen LogP contribution in [0.3, 0.4) is 0 Å². The van der Waals surface area contributed by atoms with Crippen molar-refractivity contribution >= 4 is 15.9 Å². The molecule has 0 unspecified atom stereocenters. The molecule has 0 aromatic heterocycles. The van der Waals surface area contributed by atoms with Crippen molar-refractivity contribution in [3.8, 4) is 0 Å². The van der Waals surface area contributed by atoms with E-state index in [4.69, 9.17) is 9.47 Å². The first-order valence-corrected chi connectivity index (χ1v) is 5.17. The van der Waals surface area contributed by atoms with Crippen molar-refractivity contribution in [2.45, 2.75) is 32.0 Å². The minimum Gasteiger partial charge on any atom is -0.344 e. The maximum absolute atomic E-state index is 5.65.